The van der Waals surface area contributed by atoms with Crippen LogP contribution in [0, 0.1) is 6.92 Å². The van der Waals surface area contributed by atoms with Crippen LogP contribution in [0.3, 0.4) is 0 Å². The Morgan fingerprint density at radius 2 is 2.10 bits per heavy atom. The van der Waals surface area contributed by atoms with E-state index in [1.807, 2.05) is 13.8 Å². The minimum Gasteiger partial charge on any atom is -0.434 e. The molecule has 0 aromatic heterocycles. The Morgan fingerprint density at radius 3 is 2.72 bits per heavy atom. The maximum absolute atomic E-state index is 12.6. The van der Waals surface area contributed by atoms with Crippen LogP contribution in [0.5, 0.6) is 5.75 Å². The number of alkyl halides is 2. The molecule has 1 heterocycles. The number of sulfonamides is 1. The third-order valence-corrected chi connectivity index (χ3v) is 5.77. The fourth-order valence-electron chi connectivity index (χ4n) is 3.21. The SMILES string of the molecule is CCNC(=NCc1cc(C)ccc1OC(F)F)NC[C@H]1CCCN1S(C)(=O)=O.I. The molecule has 1 aliphatic heterocycles. The van der Waals surface area contributed by atoms with Crippen molar-refractivity contribution in [3.05, 3.63) is 29.3 Å². The fourth-order valence-corrected chi connectivity index (χ4v) is 4.40. The third-order valence-electron chi connectivity index (χ3n) is 4.44. The number of hydrogen-bond donors (Lipinski definition) is 2. The van der Waals surface area contributed by atoms with E-state index >= 15 is 0 Å². The summed E-state index contributed by atoms with van der Waals surface area (Å²) in [6.07, 6.45) is 2.82. The zero-order valence-electron chi connectivity index (χ0n) is 16.8. The number of aliphatic imine (C=N–C) groups is 1. The van der Waals surface area contributed by atoms with E-state index in [4.69, 9.17) is 0 Å². The standard InChI is InChI=1S/C18H28F2N4O3S.HI/c1-4-21-18(23-12-15-6-5-9-24(15)28(3,25)26)22-11-14-10-13(2)7-8-16(14)27-17(19)20;/h7-8,10,15,17H,4-6,9,11-12H2,1-3H3,(H2,21,22,23);1H/t15-;/m1./s1. The lowest BCUT2D eigenvalue weighted by molar-refractivity contribution is -0.0504. The molecule has 0 bridgehead atoms. The number of benzene rings is 1. The number of nitrogens with zero attached hydrogens (tertiary/aromatic N) is 2. The first-order valence-electron chi connectivity index (χ1n) is 9.24. The number of ether oxygens (including phenoxy) is 1. The summed E-state index contributed by atoms with van der Waals surface area (Å²) < 4.78 is 55.0. The zero-order chi connectivity index (χ0) is 20.7. The summed E-state index contributed by atoms with van der Waals surface area (Å²) in [5.74, 6) is 0.589. The van der Waals surface area contributed by atoms with Crippen molar-refractivity contribution in [3.63, 3.8) is 0 Å². The highest BCUT2D eigenvalue weighted by Gasteiger charge is 2.31. The molecule has 7 nitrogen and oxygen atoms in total. The molecule has 0 spiro atoms. The predicted molar refractivity (Wildman–Crippen MR) is 121 cm³/mol. The molecular formula is C18H29F2IN4O3S. The van der Waals surface area contributed by atoms with Gasteiger partial charge in [-0.25, -0.2) is 13.4 Å². The van der Waals surface area contributed by atoms with Crippen LogP contribution in [-0.4, -0.2) is 57.2 Å². The maximum atomic E-state index is 12.6. The first kappa shape index (κ1) is 25.8. The van der Waals surface area contributed by atoms with Crippen molar-refractivity contribution in [2.24, 2.45) is 4.99 Å². The van der Waals surface area contributed by atoms with Gasteiger partial charge in [0.25, 0.3) is 0 Å². The minimum absolute atomic E-state index is 0. The number of hydrogen-bond acceptors (Lipinski definition) is 4. The van der Waals surface area contributed by atoms with Gasteiger partial charge in [0, 0.05) is 31.2 Å². The molecule has 1 fully saturated rings. The van der Waals surface area contributed by atoms with E-state index in [1.54, 1.807) is 12.1 Å². The normalized spacial score (nSPS) is 17.9. The Kier molecular flexibility index (Phi) is 10.5. The van der Waals surface area contributed by atoms with Crippen molar-refractivity contribution in [2.45, 2.75) is 45.9 Å². The van der Waals surface area contributed by atoms with E-state index in [1.165, 1.54) is 16.6 Å². The fraction of sp³-hybridized carbons (Fsp3) is 0.611. The highest BCUT2D eigenvalue weighted by Crippen LogP contribution is 2.23. The number of nitrogens with one attached hydrogen (secondary N) is 2. The summed E-state index contributed by atoms with van der Waals surface area (Å²) in [5.41, 5.74) is 1.47. The molecule has 166 valence electrons. The van der Waals surface area contributed by atoms with Crippen LogP contribution in [0.15, 0.2) is 23.2 Å². The van der Waals surface area contributed by atoms with Gasteiger partial charge in [-0.2, -0.15) is 13.1 Å². The Morgan fingerprint density at radius 1 is 1.38 bits per heavy atom. The Hall–Kier alpha value is -1.21. The highest BCUT2D eigenvalue weighted by atomic mass is 127. The molecule has 1 saturated heterocycles. The monoisotopic (exact) mass is 546 g/mol. The van der Waals surface area contributed by atoms with Crippen molar-refractivity contribution in [2.75, 3.05) is 25.9 Å². The molecule has 0 unspecified atom stereocenters. The second kappa shape index (κ2) is 11.8. The van der Waals surface area contributed by atoms with Crippen molar-refractivity contribution >= 4 is 40.0 Å². The van der Waals surface area contributed by atoms with Crippen LogP contribution in [0.2, 0.25) is 0 Å². The first-order chi connectivity index (χ1) is 13.2. The Bertz CT molecular complexity index is 793. The summed E-state index contributed by atoms with van der Waals surface area (Å²) >= 11 is 0. The van der Waals surface area contributed by atoms with Crippen LogP contribution >= 0.6 is 24.0 Å². The molecule has 1 aromatic carbocycles. The van der Waals surface area contributed by atoms with E-state index < -0.39 is 16.6 Å². The quantitative estimate of drug-likeness (QED) is 0.298. The van der Waals surface area contributed by atoms with E-state index in [9.17, 15) is 17.2 Å². The van der Waals surface area contributed by atoms with Gasteiger partial charge in [0.15, 0.2) is 5.96 Å². The van der Waals surface area contributed by atoms with Crippen LogP contribution in [-0.2, 0) is 16.6 Å². The summed E-state index contributed by atoms with van der Waals surface area (Å²) in [5, 5.41) is 6.24. The first-order valence-corrected chi connectivity index (χ1v) is 11.1. The van der Waals surface area contributed by atoms with Gasteiger partial charge in [0.05, 0.1) is 12.8 Å². The largest absolute Gasteiger partial charge is 0.434 e. The Labute approximate surface area is 188 Å². The molecule has 1 atom stereocenters. The molecule has 2 rings (SSSR count). The van der Waals surface area contributed by atoms with Crippen molar-refractivity contribution in [1.29, 1.82) is 0 Å². The van der Waals surface area contributed by atoms with Crippen molar-refractivity contribution < 1.29 is 21.9 Å². The van der Waals surface area contributed by atoms with Crippen LogP contribution in [0.4, 0.5) is 8.78 Å². The molecule has 0 radical (unpaired) electrons. The van der Waals surface area contributed by atoms with E-state index in [0.29, 0.717) is 31.2 Å². The van der Waals surface area contributed by atoms with Gasteiger partial charge in [0.2, 0.25) is 10.0 Å². The topological polar surface area (TPSA) is 83.0 Å². The average Bonchev–Trinajstić information content (AvgIpc) is 3.08. The molecule has 1 aromatic rings. The molecule has 0 amide bonds. The number of aryl methyl sites for hydroxylation is 1. The third kappa shape index (κ3) is 8.21. The van der Waals surface area contributed by atoms with Crippen molar-refractivity contribution in [1.82, 2.24) is 14.9 Å². The molecular weight excluding hydrogens is 517 g/mol. The van der Waals surface area contributed by atoms with Gasteiger partial charge in [-0.15, -0.1) is 24.0 Å². The van der Waals surface area contributed by atoms with Gasteiger partial charge >= 0.3 is 6.61 Å². The van der Waals surface area contributed by atoms with Crippen LogP contribution in [0.25, 0.3) is 0 Å². The maximum Gasteiger partial charge on any atom is 0.387 e. The van der Waals surface area contributed by atoms with Crippen LogP contribution in [0.1, 0.15) is 30.9 Å². The van der Waals surface area contributed by atoms with Crippen LogP contribution < -0.4 is 15.4 Å². The van der Waals surface area contributed by atoms with E-state index in [-0.39, 0.29) is 42.3 Å². The molecule has 0 aliphatic carbocycles. The molecule has 11 heteroatoms. The van der Waals surface area contributed by atoms with Gasteiger partial charge in [0.1, 0.15) is 5.75 Å². The lowest BCUT2D eigenvalue weighted by Gasteiger charge is -2.23. The smallest absolute Gasteiger partial charge is 0.387 e. The van der Waals surface area contributed by atoms with Gasteiger partial charge in [-0.05, 0) is 32.8 Å². The summed E-state index contributed by atoms with van der Waals surface area (Å²) in [4.78, 5) is 4.44. The number of guanidine groups is 1. The summed E-state index contributed by atoms with van der Waals surface area (Å²) in [6, 6.07) is 4.84. The van der Waals surface area contributed by atoms with Gasteiger partial charge in [-0.3, -0.25) is 0 Å². The summed E-state index contributed by atoms with van der Waals surface area (Å²) in [6.45, 7) is 2.58. The lowest BCUT2D eigenvalue weighted by Crippen LogP contribution is -2.46. The number of rotatable bonds is 8. The molecule has 1 aliphatic rings. The number of halogens is 3. The second-order valence-corrected chi connectivity index (χ2v) is 8.67. The molecule has 29 heavy (non-hydrogen) atoms. The van der Waals surface area contributed by atoms with Gasteiger partial charge in [-0.1, -0.05) is 17.7 Å². The minimum atomic E-state index is -3.24. The molecule has 2 N–H and O–H groups in total. The average molecular weight is 546 g/mol. The molecule has 0 saturated carbocycles. The predicted octanol–water partition coefficient (Wildman–Crippen LogP) is 2.69. The lowest BCUT2D eigenvalue weighted by atomic mass is 10.1. The second-order valence-electron chi connectivity index (χ2n) is 6.74. The Balaban J connectivity index is 0.00000420. The van der Waals surface area contributed by atoms with E-state index in [2.05, 4.69) is 20.4 Å². The zero-order valence-corrected chi connectivity index (χ0v) is 20.0. The van der Waals surface area contributed by atoms with Gasteiger partial charge < -0.3 is 15.4 Å². The van der Waals surface area contributed by atoms with E-state index in [0.717, 1.165) is 18.4 Å². The van der Waals surface area contributed by atoms with Crippen molar-refractivity contribution in [3.8, 4) is 5.75 Å². The summed E-state index contributed by atoms with van der Waals surface area (Å²) in [7, 11) is -3.24. The highest BCUT2D eigenvalue weighted by molar-refractivity contribution is 14.0.